The van der Waals surface area contributed by atoms with Gasteiger partial charge in [-0.3, -0.25) is 4.90 Å². The molecule has 0 atom stereocenters. The summed E-state index contributed by atoms with van der Waals surface area (Å²) in [5, 5.41) is 0. The molecular weight excluding hydrogens is 242 g/mol. The van der Waals surface area contributed by atoms with Crippen LogP contribution in [-0.4, -0.2) is 19.0 Å². The second-order valence-electron chi connectivity index (χ2n) is 3.60. The van der Waals surface area contributed by atoms with Gasteiger partial charge >= 0.3 is 0 Å². The van der Waals surface area contributed by atoms with Crippen LogP contribution in [-0.2, 0) is 13.1 Å². The van der Waals surface area contributed by atoms with E-state index in [9.17, 15) is 0 Å². The summed E-state index contributed by atoms with van der Waals surface area (Å²) >= 11 is 3.59. The summed E-state index contributed by atoms with van der Waals surface area (Å²) < 4.78 is 1.21. The third kappa shape index (κ3) is 1.65. The molecule has 0 saturated carbocycles. The van der Waals surface area contributed by atoms with Gasteiger partial charge in [-0.05, 0) is 30.3 Å². The van der Waals surface area contributed by atoms with Crippen LogP contribution in [0.25, 0.3) is 0 Å². The molecule has 0 saturated heterocycles. The highest BCUT2D eigenvalue weighted by Gasteiger charge is 2.20. The molecule has 1 heterocycles. The van der Waals surface area contributed by atoms with E-state index in [4.69, 9.17) is 0 Å². The van der Waals surface area contributed by atoms with Gasteiger partial charge in [0, 0.05) is 24.6 Å². The average molecular weight is 256 g/mol. The Balaban J connectivity index is 2.42. The Hall–Kier alpha value is -0.580. The van der Waals surface area contributed by atoms with Crippen molar-refractivity contribution < 1.29 is 0 Å². The van der Waals surface area contributed by atoms with E-state index in [1.54, 1.807) is 0 Å². The predicted octanol–water partition coefficient (Wildman–Crippen LogP) is 1.94. The highest BCUT2D eigenvalue weighted by Crippen LogP contribution is 2.33. The minimum Gasteiger partial charge on any atom is -0.321 e. The van der Waals surface area contributed by atoms with E-state index in [1.165, 1.54) is 21.3 Å². The molecule has 1 aliphatic heterocycles. The maximum Gasteiger partial charge on any atom is 0.0536 e. The molecular formula is C10H14BrN3. The van der Waals surface area contributed by atoms with Crippen LogP contribution < -0.4 is 10.9 Å². The second-order valence-corrected chi connectivity index (χ2v) is 4.45. The van der Waals surface area contributed by atoms with E-state index in [2.05, 4.69) is 50.9 Å². The summed E-state index contributed by atoms with van der Waals surface area (Å²) in [7, 11) is 4.02. The van der Waals surface area contributed by atoms with Crippen molar-refractivity contribution in [2.45, 2.75) is 13.1 Å². The van der Waals surface area contributed by atoms with E-state index in [-0.39, 0.29) is 0 Å². The Kier molecular flexibility index (Phi) is 2.76. The van der Waals surface area contributed by atoms with Crippen LogP contribution in [0.2, 0.25) is 0 Å². The SMILES string of the molecule is CNNc1ccc(Br)c2c1CN(C)C2. The predicted molar refractivity (Wildman–Crippen MR) is 62.0 cm³/mol. The maximum atomic E-state index is 3.59. The van der Waals surface area contributed by atoms with E-state index in [0.29, 0.717) is 0 Å². The summed E-state index contributed by atoms with van der Waals surface area (Å²) in [4.78, 5) is 2.30. The zero-order valence-corrected chi connectivity index (χ0v) is 9.98. The van der Waals surface area contributed by atoms with E-state index in [0.717, 1.165) is 13.1 Å². The van der Waals surface area contributed by atoms with Crippen LogP contribution in [0.1, 0.15) is 11.1 Å². The first kappa shape index (κ1) is 9.96. The Morgan fingerprint density at radius 3 is 2.71 bits per heavy atom. The first-order valence-electron chi connectivity index (χ1n) is 4.64. The van der Waals surface area contributed by atoms with Gasteiger partial charge in [0.25, 0.3) is 0 Å². The van der Waals surface area contributed by atoms with Gasteiger partial charge in [0.15, 0.2) is 0 Å². The number of benzene rings is 1. The van der Waals surface area contributed by atoms with Crippen molar-refractivity contribution in [3.8, 4) is 0 Å². The van der Waals surface area contributed by atoms with Crippen LogP contribution in [0.15, 0.2) is 16.6 Å². The molecule has 1 aromatic rings. The first-order chi connectivity index (χ1) is 6.72. The summed E-state index contributed by atoms with van der Waals surface area (Å²) in [6.07, 6.45) is 0. The van der Waals surface area contributed by atoms with Crippen LogP contribution in [0.5, 0.6) is 0 Å². The number of hydrogen-bond donors (Lipinski definition) is 2. The highest BCUT2D eigenvalue weighted by atomic mass is 79.9. The third-order valence-electron chi connectivity index (χ3n) is 2.49. The smallest absolute Gasteiger partial charge is 0.0536 e. The lowest BCUT2D eigenvalue weighted by Gasteiger charge is -2.10. The van der Waals surface area contributed by atoms with Crippen molar-refractivity contribution in [2.24, 2.45) is 0 Å². The summed E-state index contributed by atoms with van der Waals surface area (Å²) in [5.74, 6) is 0. The summed E-state index contributed by atoms with van der Waals surface area (Å²) in [5.41, 5.74) is 10.1. The molecule has 0 spiro atoms. The molecule has 4 heteroatoms. The van der Waals surface area contributed by atoms with E-state index in [1.807, 2.05) is 7.05 Å². The van der Waals surface area contributed by atoms with Gasteiger partial charge in [-0.25, -0.2) is 5.43 Å². The Bertz CT molecular complexity index is 351. The largest absolute Gasteiger partial charge is 0.321 e. The minimum absolute atomic E-state index is 1.01. The molecule has 0 fully saturated rings. The lowest BCUT2D eigenvalue weighted by atomic mass is 10.1. The number of rotatable bonds is 2. The molecule has 0 bridgehead atoms. The van der Waals surface area contributed by atoms with Gasteiger partial charge in [0.2, 0.25) is 0 Å². The zero-order valence-electron chi connectivity index (χ0n) is 8.39. The number of hydrazine groups is 1. The normalized spacial score (nSPS) is 15.6. The van der Waals surface area contributed by atoms with Crippen LogP contribution in [0, 0.1) is 0 Å². The fraction of sp³-hybridized carbons (Fsp3) is 0.400. The van der Waals surface area contributed by atoms with Crippen molar-refractivity contribution in [1.82, 2.24) is 10.3 Å². The Morgan fingerprint density at radius 1 is 1.29 bits per heavy atom. The molecule has 0 unspecified atom stereocenters. The standard InChI is InChI=1S/C10H14BrN3/c1-12-13-10-4-3-9(11)7-5-14(2)6-8(7)10/h3-4,12-13H,5-6H2,1-2H3. The number of halogens is 1. The second kappa shape index (κ2) is 3.88. The average Bonchev–Trinajstić information content (AvgIpc) is 2.53. The lowest BCUT2D eigenvalue weighted by molar-refractivity contribution is 0.353. The molecule has 76 valence electrons. The molecule has 2 rings (SSSR count). The molecule has 0 aliphatic carbocycles. The topological polar surface area (TPSA) is 27.3 Å². The molecule has 3 nitrogen and oxygen atoms in total. The molecule has 0 amide bonds. The van der Waals surface area contributed by atoms with Crippen LogP contribution in [0.4, 0.5) is 5.69 Å². The quantitative estimate of drug-likeness (QED) is 0.792. The third-order valence-corrected chi connectivity index (χ3v) is 3.23. The van der Waals surface area contributed by atoms with Gasteiger partial charge < -0.3 is 5.43 Å². The maximum absolute atomic E-state index is 3.59. The van der Waals surface area contributed by atoms with Crippen molar-refractivity contribution in [3.63, 3.8) is 0 Å². The monoisotopic (exact) mass is 255 g/mol. The fourth-order valence-electron chi connectivity index (χ4n) is 1.86. The van der Waals surface area contributed by atoms with E-state index < -0.39 is 0 Å². The number of fused-ring (bicyclic) bond motifs is 1. The molecule has 2 N–H and O–H groups in total. The molecule has 0 aromatic heterocycles. The number of nitrogens with zero attached hydrogens (tertiary/aromatic N) is 1. The minimum atomic E-state index is 1.01. The van der Waals surface area contributed by atoms with Crippen molar-refractivity contribution >= 4 is 21.6 Å². The molecule has 14 heavy (non-hydrogen) atoms. The molecule has 1 aliphatic rings. The van der Waals surface area contributed by atoms with Crippen molar-refractivity contribution in [2.75, 3.05) is 19.5 Å². The summed E-state index contributed by atoms with van der Waals surface area (Å²) in [6.45, 7) is 2.04. The number of hydrogen-bond acceptors (Lipinski definition) is 3. The van der Waals surface area contributed by atoms with Gasteiger partial charge in [-0.1, -0.05) is 15.9 Å². The lowest BCUT2D eigenvalue weighted by Crippen LogP contribution is -2.16. The van der Waals surface area contributed by atoms with Gasteiger partial charge in [0.05, 0.1) is 5.69 Å². The zero-order chi connectivity index (χ0) is 10.1. The molecule has 1 aromatic carbocycles. The number of anilines is 1. The highest BCUT2D eigenvalue weighted by molar-refractivity contribution is 9.10. The Morgan fingerprint density at radius 2 is 2.00 bits per heavy atom. The fourth-order valence-corrected chi connectivity index (χ4v) is 2.36. The summed E-state index contributed by atoms with van der Waals surface area (Å²) in [6, 6.07) is 4.19. The van der Waals surface area contributed by atoms with Crippen molar-refractivity contribution in [1.29, 1.82) is 0 Å². The van der Waals surface area contributed by atoms with E-state index >= 15 is 0 Å². The first-order valence-corrected chi connectivity index (χ1v) is 5.43. The number of nitrogens with one attached hydrogen (secondary N) is 2. The van der Waals surface area contributed by atoms with Gasteiger partial charge in [-0.2, -0.15) is 0 Å². The van der Waals surface area contributed by atoms with Gasteiger partial charge in [0.1, 0.15) is 0 Å². The van der Waals surface area contributed by atoms with Crippen LogP contribution in [0.3, 0.4) is 0 Å². The Labute approximate surface area is 92.6 Å². The van der Waals surface area contributed by atoms with Gasteiger partial charge in [-0.15, -0.1) is 0 Å². The van der Waals surface area contributed by atoms with Crippen LogP contribution >= 0.6 is 15.9 Å². The van der Waals surface area contributed by atoms with Crippen molar-refractivity contribution in [3.05, 3.63) is 27.7 Å². The molecule has 0 radical (unpaired) electrons.